The maximum atomic E-state index is 12.4. The lowest BCUT2D eigenvalue weighted by Gasteiger charge is -2.09. The van der Waals surface area contributed by atoms with Gasteiger partial charge in [-0.25, -0.2) is 9.97 Å². The molecule has 0 spiro atoms. The quantitative estimate of drug-likeness (QED) is 0.142. The second-order valence-corrected chi connectivity index (χ2v) is 13.5. The molecule has 0 atom stereocenters. The number of hydrogen-bond donors (Lipinski definition) is 3. The SMILES string of the molecule is CC(C)c1cnnc(Nc2ccc3ncc(-c4ccc[nH]c4=O)cc3n2)c1.CC(C)c1cnnc(Nc2ccc3ncc(-c4cccn(C)c4=O)cc3n2)c1. The summed E-state index contributed by atoms with van der Waals surface area (Å²) in [5.41, 5.74) is 7.46. The molecule has 0 fully saturated rings. The molecule has 0 aliphatic heterocycles. The number of aromatic amines is 1. The highest BCUT2D eigenvalue weighted by Gasteiger charge is 2.10. The van der Waals surface area contributed by atoms with Gasteiger partial charge in [0.15, 0.2) is 11.6 Å². The van der Waals surface area contributed by atoms with Crippen LogP contribution in [-0.4, -0.2) is 49.9 Å². The van der Waals surface area contributed by atoms with E-state index < -0.39 is 0 Å². The highest BCUT2D eigenvalue weighted by atomic mass is 16.1. The molecule has 3 N–H and O–H groups in total. The van der Waals surface area contributed by atoms with E-state index in [-0.39, 0.29) is 11.1 Å². The van der Waals surface area contributed by atoms with Gasteiger partial charge in [-0.05, 0) is 95.8 Å². The van der Waals surface area contributed by atoms with Crippen molar-refractivity contribution < 1.29 is 0 Å². The van der Waals surface area contributed by atoms with E-state index in [1.54, 1.807) is 67.0 Å². The largest absolute Gasteiger partial charge is 0.329 e. The van der Waals surface area contributed by atoms with Gasteiger partial charge in [0.1, 0.15) is 11.6 Å². The zero-order chi connectivity index (χ0) is 38.5. The number of aromatic nitrogens is 10. The van der Waals surface area contributed by atoms with Gasteiger partial charge < -0.3 is 20.2 Å². The van der Waals surface area contributed by atoms with Gasteiger partial charge in [-0.2, -0.15) is 10.2 Å². The normalized spacial score (nSPS) is 11.1. The Balaban J connectivity index is 0.000000169. The Labute approximate surface area is 315 Å². The minimum Gasteiger partial charge on any atom is -0.329 e. The van der Waals surface area contributed by atoms with E-state index in [1.165, 1.54) is 0 Å². The maximum absolute atomic E-state index is 12.4. The molecule has 8 aromatic rings. The Kier molecular flexibility index (Phi) is 10.4. The predicted molar refractivity (Wildman–Crippen MR) is 215 cm³/mol. The number of H-pyrrole nitrogens is 1. The van der Waals surface area contributed by atoms with Gasteiger partial charge >= 0.3 is 0 Å². The number of nitrogens with zero attached hydrogens (tertiary/aromatic N) is 9. The van der Waals surface area contributed by atoms with E-state index >= 15 is 0 Å². The van der Waals surface area contributed by atoms with E-state index in [0.29, 0.717) is 57.3 Å². The van der Waals surface area contributed by atoms with Gasteiger partial charge in [0.05, 0.1) is 34.5 Å². The van der Waals surface area contributed by atoms with Crippen molar-refractivity contribution in [1.82, 2.24) is 49.9 Å². The zero-order valence-electron chi connectivity index (χ0n) is 30.9. The minimum atomic E-state index is -0.159. The van der Waals surface area contributed by atoms with Gasteiger partial charge in [0.2, 0.25) is 0 Å². The molecule has 0 aliphatic carbocycles. The monoisotopic (exact) mass is 730 g/mol. The van der Waals surface area contributed by atoms with Crippen LogP contribution >= 0.6 is 0 Å². The fraction of sp³-hybridized carbons (Fsp3) is 0.171. The van der Waals surface area contributed by atoms with Crippen LogP contribution in [0.4, 0.5) is 23.3 Å². The van der Waals surface area contributed by atoms with E-state index in [2.05, 4.69) is 83.6 Å². The molecule has 8 aromatic heterocycles. The third-order valence-corrected chi connectivity index (χ3v) is 8.84. The lowest BCUT2D eigenvalue weighted by Crippen LogP contribution is -2.17. The number of pyridine rings is 6. The summed E-state index contributed by atoms with van der Waals surface area (Å²) < 4.78 is 1.55. The summed E-state index contributed by atoms with van der Waals surface area (Å²) in [5, 5.41) is 22.7. The van der Waals surface area contributed by atoms with E-state index in [0.717, 1.165) is 33.3 Å². The van der Waals surface area contributed by atoms with Crippen molar-refractivity contribution in [2.45, 2.75) is 39.5 Å². The van der Waals surface area contributed by atoms with Gasteiger partial charge in [-0.3, -0.25) is 19.6 Å². The molecule has 0 saturated carbocycles. The van der Waals surface area contributed by atoms with Crippen LogP contribution in [0.25, 0.3) is 44.3 Å². The molecular formula is C41H38N12O2. The number of aryl methyl sites for hydroxylation is 1. The highest BCUT2D eigenvalue weighted by molar-refractivity contribution is 5.83. The highest BCUT2D eigenvalue weighted by Crippen LogP contribution is 2.24. The van der Waals surface area contributed by atoms with Crippen molar-refractivity contribution in [1.29, 1.82) is 0 Å². The third kappa shape index (κ3) is 8.38. The van der Waals surface area contributed by atoms with Crippen molar-refractivity contribution in [2.24, 2.45) is 7.05 Å². The Morgan fingerprint density at radius 3 is 1.65 bits per heavy atom. The van der Waals surface area contributed by atoms with Gasteiger partial charge in [-0.15, -0.1) is 10.2 Å². The van der Waals surface area contributed by atoms with Crippen LogP contribution in [0.3, 0.4) is 0 Å². The molecule has 55 heavy (non-hydrogen) atoms. The summed E-state index contributed by atoms with van der Waals surface area (Å²) in [4.78, 5) is 45.2. The van der Waals surface area contributed by atoms with Crippen molar-refractivity contribution >= 4 is 45.3 Å². The van der Waals surface area contributed by atoms with Gasteiger partial charge in [-0.1, -0.05) is 27.7 Å². The molecule has 0 unspecified atom stereocenters. The third-order valence-electron chi connectivity index (χ3n) is 8.84. The minimum absolute atomic E-state index is 0.0706. The first kappa shape index (κ1) is 36.2. The Bertz CT molecular complexity index is 2760. The number of nitrogens with one attached hydrogen (secondary N) is 3. The topological polar surface area (TPSA) is 182 Å². The van der Waals surface area contributed by atoms with E-state index in [4.69, 9.17) is 0 Å². The fourth-order valence-corrected chi connectivity index (χ4v) is 5.69. The second kappa shape index (κ2) is 15.8. The van der Waals surface area contributed by atoms with Crippen LogP contribution in [-0.2, 0) is 7.05 Å². The first-order valence-corrected chi connectivity index (χ1v) is 17.7. The molecule has 8 rings (SSSR count). The van der Waals surface area contributed by atoms with Crippen molar-refractivity contribution in [3.05, 3.63) is 142 Å². The molecule has 14 heteroatoms. The first-order valence-electron chi connectivity index (χ1n) is 17.7. The average molecular weight is 731 g/mol. The van der Waals surface area contributed by atoms with E-state index in [1.807, 2.05) is 54.6 Å². The van der Waals surface area contributed by atoms with Crippen molar-refractivity contribution in [2.75, 3.05) is 10.6 Å². The zero-order valence-corrected chi connectivity index (χ0v) is 30.9. The summed E-state index contributed by atoms with van der Waals surface area (Å²) in [6.07, 6.45) is 10.2. The molecule has 274 valence electrons. The van der Waals surface area contributed by atoms with Crippen LogP contribution in [0, 0.1) is 0 Å². The summed E-state index contributed by atoms with van der Waals surface area (Å²) in [5.74, 6) is 3.28. The van der Waals surface area contributed by atoms with Gasteiger partial charge in [0, 0.05) is 54.1 Å². The molecule has 0 aliphatic rings. The number of anilines is 4. The molecule has 0 bridgehead atoms. The maximum Gasteiger partial charge on any atom is 0.258 e. The van der Waals surface area contributed by atoms with Crippen LogP contribution in [0.15, 0.2) is 120 Å². The molecule has 8 heterocycles. The van der Waals surface area contributed by atoms with Crippen molar-refractivity contribution in [3.8, 4) is 22.3 Å². The molecule has 0 saturated heterocycles. The fourth-order valence-electron chi connectivity index (χ4n) is 5.69. The predicted octanol–water partition coefficient (Wildman–Crippen LogP) is 7.29. The lowest BCUT2D eigenvalue weighted by molar-refractivity contribution is 0.843. The van der Waals surface area contributed by atoms with Crippen molar-refractivity contribution in [3.63, 3.8) is 0 Å². The van der Waals surface area contributed by atoms with Crippen LogP contribution in [0.1, 0.15) is 50.7 Å². The second-order valence-electron chi connectivity index (χ2n) is 13.5. The summed E-state index contributed by atoms with van der Waals surface area (Å²) >= 11 is 0. The molecule has 0 aromatic carbocycles. The Morgan fingerprint density at radius 1 is 0.600 bits per heavy atom. The molecule has 0 radical (unpaired) electrons. The number of fused-ring (bicyclic) bond motifs is 2. The summed E-state index contributed by atoms with van der Waals surface area (Å²) in [6.45, 7) is 8.42. The summed E-state index contributed by atoms with van der Waals surface area (Å²) in [7, 11) is 1.73. The first-order chi connectivity index (χ1) is 26.6. The van der Waals surface area contributed by atoms with Crippen LogP contribution < -0.4 is 21.8 Å². The average Bonchev–Trinajstić information content (AvgIpc) is 3.19. The van der Waals surface area contributed by atoms with Crippen LogP contribution in [0.5, 0.6) is 0 Å². The molecule has 0 amide bonds. The van der Waals surface area contributed by atoms with Crippen LogP contribution in [0.2, 0.25) is 0 Å². The molecule has 14 nitrogen and oxygen atoms in total. The Morgan fingerprint density at radius 2 is 1.13 bits per heavy atom. The van der Waals surface area contributed by atoms with E-state index in [9.17, 15) is 9.59 Å². The van der Waals surface area contributed by atoms with Gasteiger partial charge in [0.25, 0.3) is 11.1 Å². The smallest absolute Gasteiger partial charge is 0.258 e. The molecular weight excluding hydrogens is 693 g/mol. The standard InChI is InChI=1S/C21H20N6O.C20H18N6O/c1-13(2)14-10-20(26-23-12-14)25-19-7-6-17-18(24-19)9-15(11-22-17)16-5-4-8-27(3)21(16)28;1-12(2)13-9-19(26-23-11-13)25-18-6-5-16-17(24-18)8-14(10-22-16)15-4-3-7-21-20(15)27/h4-13H,1-3H3,(H,24,25,26);3-12H,1-2H3,(H,21,27)(H,24,25,26). The Hall–Kier alpha value is -7.22. The number of hydrogen-bond acceptors (Lipinski definition) is 12. The lowest BCUT2D eigenvalue weighted by atomic mass is 10.1. The summed E-state index contributed by atoms with van der Waals surface area (Å²) in [6, 6.07) is 22.3. The number of rotatable bonds is 8.